The van der Waals surface area contributed by atoms with Gasteiger partial charge in [0.15, 0.2) is 0 Å². The number of carbonyl (C=O) groups is 1. The van der Waals surface area contributed by atoms with Crippen molar-refractivity contribution in [2.75, 3.05) is 31.2 Å². The van der Waals surface area contributed by atoms with E-state index in [0.29, 0.717) is 25.3 Å². The summed E-state index contributed by atoms with van der Waals surface area (Å²) in [4.78, 5) is 29.8. The average molecular weight is 377 g/mol. The number of hydrogen-bond acceptors (Lipinski definition) is 4. The quantitative estimate of drug-likeness (QED) is 0.715. The van der Waals surface area contributed by atoms with E-state index in [1.165, 1.54) is 0 Å². The molecule has 6 heteroatoms. The van der Waals surface area contributed by atoms with Gasteiger partial charge in [0.05, 0.1) is 19.6 Å². The summed E-state index contributed by atoms with van der Waals surface area (Å²) >= 11 is 0. The average Bonchev–Trinajstić information content (AvgIpc) is 2.74. The minimum absolute atomic E-state index is 0.0554. The first kappa shape index (κ1) is 18.3. The molecule has 1 amide bonds. The summed E-state index contributed by atoms with van der Waals surface area (Å²) in [6, 6.07) is 17.4. The summed E-state index contributed by atoms with van der Waals surface area (Å²) < 4.78 is 5.42. The molecule has 0 radical (unpaired) electrons. The first-order chi connectivity index (χ1) is 13.7. The van der Waals surface area contributed by atoms with Gasteiger partial charge in [-0.1, -0.05) is 36.4 Å². The lowest BCUT2D eigenvalue weighted by Gasteiger charge is -2.30. The van der Waals surface area contributed by atoms with Crippen LogP contribution in [0.5, 0.6) is 0 Å². The molecule has 0 aliphatic carbocycles. The largest absolute Gasteiger partial charge is 0.378 e. The van der Waals surface area contributed by atoms with Crippen LogP contribution in [0.15, 0.2) is 59.4 Å². The molecular formula is C22H23N3O3. The molecule has 2 N–H and O–H groups in total. The zero-order chi connectivity index (χ0) is 19.3. The van der Waals surface area contributed by atoms with E-state index in [-0.39, 0.29) is 17.9 Å². The third-order valence-corrected chi connectivity index (χ3v) is 5.00. The second-order valence-electron chi connectivity index (χ2n) is 6.89. The van der Waals surface area contributed by atoms with Crippen LogP contribution in [0.25, 0.3) is 10.9 Å². The van der Waals surface area contributed by atoms with E-state index in [1.54, 1.807) is 6.07 Å². The summed E-state index contributed by atoms with van der Waals surface area (Å²) in [5.74, 6) is -0.169. The van der Waals surface area contributed by atoms with Crippen molar-refractivity contribution in [2.24, 2.45) is 0 Å². The molecule has 0 spiro atoms. The van der Waals surface area contributed by atoms with Gasteiger partial charge in [0.25, 0.3) is 5.56 Å². The van der Waals surface area contributed by atoms with Gasteiger partial charge >= 0.3 is 0 Å². The number of benzene rings is 2. The lowest BCUT2D eigenvalue weighted by atomic mass is 10.1. The summed E-state index contributed by atoms with van der Waals surface area (Å²) in [6.45, 7) is 3.55. The molecule has 4 rings (SSSR count). The summed E-state index contributed by atoms with van der Waals surface area (Å²) in [5.41, 5.74) is 3.20. The molecule has 0 unspecified atom stereocenters. The predicted molar refractivity (Wildman–Crippen MR) is 110 cm³/mol. The van der Waals surface area contributed by atoms with E-state index < -0.39 is 0 Å². The number of morpholine rings is 1. The Kier molecular flexibility index (Phi) is 5.39. The number of H-pyrrole nitrogens is 1. The lowest BCUT2D eigenvalue weighted by molar-refractivity contribution is -0.120. The highest BCUT2D eigenvalue weighted by molar-refractivity contribution is 5.82. The van der Waals surface area contributed by atoms with Gasteiger partial charge in [0, 0.05) is 36.4 Å². The van der Waals surface area contributed by atoms with Crippen LogP contribution >= 0.6 is 0 Å². The van der Waals surface area contributed by atoms with Gasteiger partial charge in [-0.25, -0.2) is 0 Å². The van der Waals surface area contributed by atoms with Crippen LogP contribution in [0.2, 0.25) is 0 Å². The topological polar surface area (TPSA) is 74.4 Å². The van der Waals surface area contributed by atoms with Crippen LogP contribution in [0, 0.1) is 0 Å². The van der Waals surface area contributed by atoms with Gasteiger partial charge in [-0.05, 0) is 29.1 Å². The van der Waals surface area contributed by atoms with Crippen LogP contribution in [0.3, 0.4) is 0 Å². The van der Waals surface area contributed by atoms with Gasteiger partial charge in [0.2, 0.25) is 5.91 Å². The van der Waals surface area contributed by atoms with E-state index in [1.807, 2.05) is 42.5 Å². The monoisotopic (exact) mass is 377 g/mol. The first-order valence-corrected chi connectivity index (χ1v) is 9.49. The second kappa shape index (κ2) is 8.27. The van der Waals surface area contributed by atoms with E-state index >= 15 is 0 Å². The summed E-state index contributed by atoms with van der Waals surface area (Å²) in [6.07, 6.45) is 0.0554. The van der Waals surface area contributed by atoms with Gasteiger partial charge < -0.3 is 19.9 Å². The van der Waals surface area contributed by atoms with Crippen LogP contribution in [-0.4, -0.2) is 37.2 Å². The number of carbonyl (C=O) groups excluding carboxylic acids is 1. The predicted octanol–water partition coefficient (Wildman–Crippen LogP) is 2.22. The highest BCUT2D eigenvalue weighted by Gasteiger charge is 2.15. The first-order valence-electron chi connectivity index (χ1n) is 9.49. The maximum Gasteiger partial charge on any atom is 0.252 e. The van der Waals surface area contributed by atoms with E-state index in [0.717, 1.165) is 35.2 Å². The molecule has 0 atom stereocenters. The number of nitrogens with one attached hydrogen (secondary N) is 2. The van der Waals surface area contributed by atoms with Crippen LogP contribution in [0.1, 0.15) is 11.1 Å². The Morgan fingerprint density at radius 3 is 2.64 bits per heavy atom. The number of anilines is 1. The zero-order valence-electron chi connectivity index (χ0n) is 15.6. The molecule has 2 aromatic carbocycles. The maximum absolute atomic E-state index is 12.5. The Morgan fingerprint density at radius 1 is 1.04 bits per heavy atom. The molecule has 3 aromatic rings. The molecule has 1 aliphatic heterocycles. The van der Waals surface area contributed by atoms with Crippen molar-refractivity contribution >= 4 is 22.5 Å². The third kappa shape index (κ3) is 4.07. The number of nitrogens with zero attached hydrogens (tertiary/aromatic N) is 1. The Bertz CT molecular complexity index is 1040. The standard InChI is InChI=1S/C22H23N3O3/c26-21(14-18-13-16-5-1-3-7-19(16)24-22(18)27)23-15-17-6-2-4-8-20(17)25-9-11-28-12-10-25/h1-8,13H,9-12,14-15H2,(H,23,26)(H,24,27). The Balaban J connectivity index is 1.44. The summed E-state index contributed by atoms with van der Waals surface area (Å²) in [5, 5.41) is 3.87. The van der Waals surface area contributed by atoms with Crippen LogP contribution < -0.4 is 15.8 Å². The van der Waals surface area contributed by atoms with Crippen LogP contribution in [0.4, 0.5) is 5.69 Å². The van der Waals surface area contributed by atoms with Crippen molar-refractivity contribution in [3.05, 3.63) is 76.1 Å². The normalized spacial score (nSPS) is 14.2. The molecule has 1 fully saturated rings. The summed E-state index contributed by atoms with van der Waals surface area (Å²) in [7, 11) is 0. The van der Waals surface area contributed by atoms with Crippen molar-refractivity contribution in [3.8, 4) is 0 Å². The molecule has 0 bridgehead atoms. The van der Waals surface area contributed by atoms with Gasteiger partial charge in [-0.15, -0.1) is 0 Å². The number of ether oxygens (including phenoxy) is 1. The molecule has 144 valence electrons. The minimum Gasteiger partial charge on any atom is -0.378 e. The van der Waals surface area contributed by atoms with Crippen LogP contribution in [-0.2, 0) is 22.5 Å². The van der Waals surface area contributed by atoms with Crippen molar-refractivity contribution in [3.63, 3.8) is 0 Å². The maximum atomic E-state index is 12.5. The molecule has 1 saturated heterocycles. The Labute approximate surface area is 163 Å². The SMILES string of the molecule is O=C(Cc1cc2ccccc2[nH]c1=O)NCc1ccccc1N1CCOCC1. The fraction of sp³-hybridized carbons (Fsp3) is 0.273. The number of amides is 1. The van der Waals surface area contributed by atoms with Crippen molar-refractivity contribution < 1.29 is 9.53 Å². The molecule has 6 nitrogen and oxygen atoms in total. The highest BCUT2D eigenvalue weighted by Crippen LogP contribution is 2.21. The smallest absolute Gasteiger partial charge is 0.252 e. The molecule has 0 saturated carbocycles. The van der Waals surface area contributed by atoms with Gasteiger partial charge in [-0.2, -0.15) is 0 Å². The number of rotatable bonds is 5. The van der Waals surface area contributed by atoms with E-state index in [4.69, 9.17) is 4.74 Å². The number of aromatic amines is 1. The molecule has 28 heavy (non-hydrogen) atoms. The number of para-hydroxylation sites is 2. The van der Waals surface area contributed by atoms with Crippen molar-refractivity contribution in [1.29, 1.82) is 0 Å². The highest BCUT2D eigenvalue weighted by atomic mass is 16.5. The Hall–Kier alpha value is -3.12. The molecule has 1 aromatic heterocycles. The third-order valence-electron chi connectivity index (χ3n) is 5.00. The van der Waals surface area contributed by atoms with Gasteiger partial charge in [0.1, 0.15) is 0 Å². The van der Waals surface area contributed by atoms with Gasteiger partial charge in [-0.3, -0.25) is 9.59 Å². The number of fused-ring (bicyclic) bond motifs is 1. The number of hydrogen-bond donors (Lipinski definition) is 2. The fourth-order valence-electron chi connectivity index (χ4n) is 3.53. The van der Waals surface area contributed by atoms with E-state index in [2.05, 4.69) is 21.3 Å². The Morgan fingerprint density at radius 2 is 1.79 bits per heavy atom. The van der Waals surface area contributed by atoms with Crippen molar-refractivity contribution in [2.45, 2.75) is 13.0 Å². The lowest BCUT2D eigenvalue weighted by Crippen LogP contribution is -2.37. The fourth-order valence-corrected chi connectivity index (χ4v) is 3.53. The zero-order valence-corrected chi connectivity index (χ0v) is 15.6. The molecular weight excluding hydrogens is 354 g/mol. The molecule has 2 heterocycles. The number of aromatic nitrogens is 1. The van der Waals surface area contributed by atoms with Crippen molar-refractivity contribution in [1.82, 2.24) is 10.3 Å². The second-order valence-corrected chi connectivity index (χ2v) is 6.89. The van der Waals surface area contributed by atoms with E-state index in [9.17, 15) is 9.59 Å². The minimum atomic E-state index is -0.220. The number of pyridine rings is 1. The molecule has 1 aliphatic rings.